The first-order valence-electron chi connectivity index (χ1n) is 10.4. The van der Waals surface area contributed by atoms with Crippen LogP contribution >= 0.6 is 32.9 Å². The lowest BCUT2D eigenvalue weighted by atomic mass is 10.2. The average molecular weight is 535 g/mol. The van der Waals surface area contributed by atoms with E-state index in [-0.39, 0.29) is 17.1 Å². The molecule has 13 heteroatoms. The zero-order chi connectivity index (χ0) is 24.6. The summed E-state index contributed by atoms with van der Waals surface area (Å²) in [6.07, 6.45) is 0.868. The molecule has 1 aromatic heterocycles. The molecule has 1 aliphatic heterocycles. The smallest absolute Gasteiger partial charge is 0.422 e. The summed E-state index contributed by atoms with van der Waals surface area (Å²) in [7, 11) is 3.09. The third-order valence-electron chi connectivity index (χ3n) is 4.81. The number of para-hydroxylation sites is 1. The van der Waals surface area contributed by atoms with E-state index in [0.29, 0.717) is 18.1 Å². The minimum atomic E-state index is -1.02. The minimum absolute atomic E-state index is 0.0116. The van der Waals surface area contributed by atoms with Gasteiger partial charge in [0.2, 0.25) is 0 Å². The van der Waals surface area contributed by atoms with Crippen molar-refractivity contribution in [3.05, 3.63) is 64.0 Å². The molecule has 0 saturated carbocycles. The maximum absolute atomic E-state index is 12.4. The molecular weight excluding hydrogens is 514 g/mol. The summed E-state index contributed by atoms with van der Waals surface area (Å²) in [5, 5.41) is 14.7. The van der Waals surface area contributed by atoms with Crippen molar-refractivity contribution in [3.8, 4) is 21.9 Å². The quantitative estimate of drug-likeness (QED) is 0.0448. The zero-order valence-electron chi connectivity index (χ0n) is 18.2. The second-order valence-corrected chi connectivity index (χ2v) is 10.1. The first-order valence-corrected chi connectivity index (χ1v) is 13.0. The highest BCUT2D eigenvalue weighted by Crippen LogP contribution is 2.30. The van der Waals surface area contributed by atoms with Crippen molar-refractivity contribution in [1.29, 1.82) is 0 Å². The number of rotatable bonds is 8. The van der Waals surface area contributed by atoms with Crippen molar-refractivity contribution in [2.45, 2.75) is 12.8 Å². The minimum Gasteiger partial charge on any atom is -0.422 e. The van der Waals surface area contributed by atoms with Gasteiger partial charge in [0.25, 0.3) is 17.0 Å². The molecule has 0 spiro atoms. The van der Waals surface area contributed by atoms with Crippen LogP contribution in [0.15, 0.2) is 59.9 Å². The summed E-state index contributed by atoms with van der Waals surface area (Å²) < 4.78 is 16.2. The molecule has 182 valence electrons. The summed E-state index contributed by atoms with van der Waals surface area (Å²) in [4.78, 5) is 31.1. The second kappa shape index (κ2) is 11.7. The number of benzene rings is 2. The largest absolute Gasteiger partial charge is 0.519 e. The number of esters is 1. The molecule has 1 fully saturated rings. The van der Waals surface area contributed by atoms with E-state index in [4.69, 9.17) is 31.3 Å². The van der Waals surface area contributed by atoms with Gasteiger partial charge in [-0.15, -0.1) is 5.01 Å². The van der Waals surface area contributed by atoms with E-state index in [1.807, 2.05) is 18.2 Å². The lowest BCUT2D eigenvalue weighted by Crippen LogP contribution is -2.29. The number of carbonyl (C=O) groups is 2. The molecule has 4 rings (SSSR count). The second-order valence-electron chi connectivity index (χ2n) is 7.16. The van der Waals surface area contributed by atoms with Gasteiger partial charge in [-0.25, -0.2) is 14.8 Å². The highest BCUT2D eigenvalue weighted by atomic mass is 32.9. The Hall–Kier alpha value is -3.55. The molecule has 0 atom stereocenters. The van der Waals surface area contributed by atoms with Gasteiger partial charge < -0.3 is 14.2 Å². The van der Waals surface area contributed by atoms with Crippen molar-refractivity contribution < 1.29 is 38.8 Å². The van der Waals surface area contributed by atoms with E-state index in [1.54, 1.807) is 39.6 Å². The van der Waals surface area contributed by atoms with Crippen LogP contribution in [0.4, 0.5) is 4.79 Å². The van der Waals surface area contributed by atoms with Crippen LogP contribution in [0.2, 0.25) is 0 Å². The standard InChI is InChI=1S/C22H20N3O7S3/c26-21(29-14-30-23-25(28)24-11-3-4-12-24)17-5-1-2-6-18(17)32-22(27)31-16-9-7-15(8-10-16)19-13-20(33)35-34-19/h1-2,5-10,13H,3-4,11-12,14H2,(H,23,28)/q+1. The van der Waals surface area contributed by atoms with Crippen LogP contribution in [0, 0.1) is 3.82 Å². The Kier molecular flexibility index (Phi) is 8.23. The number of hydrogen-bond acceptors (Lipinski definition) is 10. The topological polar surface area (TPSA) is 110 Å². The molecule has 0 unspecified atom stereocenters. The van der Waals surface area contributed by atoms with E-state index in [1.165, 1.54) is 22.5 Å². The predicted molar refractivity (Wildman–Crippen MR) is 128 cm³/mol. The van der Waals surface area contributed by atoms with Crippen molar-refractivity contribution >= 4 is 45.0 Å². The van der Waals surface area contributed by atoms with Crippen LogP contribution in [-0.2, 0) is 9.57 Å². The summed E-state index contributed by atoms with van der Waals surface area (Å²) in [5.74, 6) is -0.578. The number of ether oxygens (including phenoxy) is 3. The fraction of sp³-hybridized carbons (Fsp3) is 0.227. The van der Waals surface area contributed by atoms with Gasteiger partial charge in [-0.3, -0.25) is 4.84 Å². The van der Waals surface area contributed by atoms with Crippen molar-refractivity contribution in [3.63, 3.8) is 0 Å². The lowest BCUT2D eigenvalue weighted by molar-refractivity contribution is -0.939. The number of hydrogen-bond donors (Lipinski definition) is 1. The Balaban J connectivity index is 1.31. The van der Waals surface area contributed by atoms with Crippen LogP contribution in [-0.4, -0.2) is 47.2 Å². The molecule has 10 nitrogen and oxygen atoms in total. The van der Waals surface area contributed by atoms with E-state index in [0.717, 1.165) is 27.1 Å². The van der Waals surface area contributed by atoms with Crippen molar-refractivity contribution in [2.24, 2.45) is 5.28 Å². The van der Waals surface area contributed by atoms with Crippen LogP contribution < -0.4 is 9.47 Å². The highest BCUT2D eigenvalue weighted by molar-refractivity contribution is 7.80. The number of carbonyl (C=O) groups excluding carboxylic acids is 2. The number of hydrazine groups is 1. The van der Waals surface area contributed by atoms with Gasteiger partial charge in [-0.1, -0.05) is 45.0 Å². The molecule has 35 heavy (non-hydrogen) atoms. The zero-order valence-corrected chi connectivity index (χ0v) is 20.6. The SMILES string of the molecule is O=C(Oc1ccc(-c2cc(=S)ss2)cc1)Oc1ccccc1C(=O)OCO/N=[N+](\O)N1CCCC1. The molecule has 0 radical (unpaired) electrons. The molecule has 2 heterocycles. The molecule has 2 aromatic carbocycles. The van der Waals surface area contributed by atoms with Gasteiger partial charge in [0, 0.05) is 4.88 Å². The van der Waals surface area contributed by atoms with Gasteiger partial charge in [0.1, 0.15) is 20.9 Å². The average Bonchev–Trinajstić information content (AvgIpc) is 3.55. The van der Waals surface area contributed by atoms with Crippen molar-refractivity contribution in [2.75, 3.05) is 19.9 Å². The summed E-state index contributed by atoms with van der Waals surface area (Å²) in [5.41, 5.74) is 0.942. The molecule has 1 saturated heterocycles. The van der Waals surface area contributed by atoms with Crippen LogP contribution in [0.5, 0.6) is 11.5 Å². The molecule has 0 bridgehead atoms. The van der Waals surface area contributed by atoms with Crippen LogP contribution in [0.1, 0.15) is 23.2 Å². The monoisotopic (exact) mass is 534 g/mol. The summed E-state index contributed by atoms with van der Waals surface area (Å²) >= 11 is 5.15. The fourth-order valence-electron chi connectivity index (χ4n) is 3.15. The van der Waals surface area contributed by atoms with Crippen LogP contribution in [0.25, 0.3) is 10.4 Å². The van der Waals surface area contributed by atoms with E-state index >= 15 is 0 Å². The van der Waals surface area contributed by atoms with E-state index in [9.17, 15) is 14.8 Å². The Morgan fingerprint density at radius 1 is 1.06 bits per heavy atom. The van der Waals surface area contributed by atoms with Crippen LogP contribution in [0.3, 0.4) is 0 Å². The molecule has 1 N–H and O–H groups in total. The van der Waals surface area contributed by atoms with E-state index < -0.39 is 18.9 Å². The van der Waals surface area contributed by atoms with Gasteiger partial charge in [-0.05, 0) is 60.9 Å². The molecule has 3 aromatic rings. The Morgan fingerprint density at radius 2 is 1.80 bits per heavy atom. The molecule has 1 aliphatic rings. The lowest BCUT2D eigenvalue weighted by Gasteiger charge is -2.09. The molecule has 0 aliphatic carbocycles. The van der Waals surface area contributed by atoms with E-state index in [2.05, 4.69) is 5.28 Å². The van der Waals surface area contributed by atoms with Gasteiger partial charge in [0.15, 0.2) is 0 Å². The predicted octanol–water partition coefficient (Wildman–Crippen LogP) is 5.69. The third kappa shape index (κ3) is 6.74. The Morgan fingerprint density at radius 3 is 2.51 bits per heavy atom. The van der Waals surface area contributed by atoms with Gasteiger partial charge >= 0.3 is 12.1 Å². The Labute approximate surface area is 212 Å². The normalized spacial score (nSPS) is 13.4. The third-order valence-corrected chi connectivity index (χ3v) is 7.72. The van der Waals surface area contributed by atoms with Gasteiger partial charge in [0.05, 0.1) is 13.1 Å². The van der Waals surface area contributed by atoms with Gasteiger partial charge in [-0.2, -0.15) is 0 Å². The molecule has 0 amide bonds. The highest BCUT2D eigenvalue weighted by Gasteiger charge is 2.23. The maximum atomic E-state index is 12.4. The van der Waals surface area contributed by atoms with Crippen molar-refractivity contribution in [1.82, 2.24) is 5.01 Å². The maximum Gasteiger partial charge on any atom is 0.519 e. The number of nitrogens with zero attached hydrogens (tertiary/aromatic N) is 3. The first-order chi connectivity index (χ1) is 17.0. The summed E-state index contributed by atoms with van der Waals surface area (Å²) in [6.45, 7) is 0.755. The molecular formula is C22H20N3O7S3+. The first kappa shape index (κ1) is 24.6. The summed E-state index contributed by atoms with van der Waals surface area (Å²) in [6, 6.07) is 14.8. The Bertz CT molecular complexity index is 1270. The fourth-order valence-corrected chi connectivity index (χ4v) is 5.56.